The van der Waals surface area contributed by atoms with Gasteiger partial charge in [-0.1, -0.05) is 11.6 Å². The predicted molar refractivity (Wildman–Crippen MR) is 103 cm³/mol. The van der Waals surface area contributed by atoms with Crippen molar-refractivity contribution in [3.8, 4) is 0 Å². The maximum absolute atomic E-state index is 12.7. The van der Waals surface area contributed by atoms with E-state index in [0.717, 1.165) is 5.69 Å². The van der Waals surface area contributed by atoms with Crippen molar-refractivity contribution in [3.63, 3.8) is 0 Å². The highest BCUT2D eigenvalue weighted by molar-refractivity contribution is 6.31. The molecule has 0 bridgehead atoms. The number of ketones is 1. The minimum atomic E-state index is -0.573. The molecule has 0 aromatic heterocycles. The monoisotopic (exact) mass is 387 g/mol. The van der Waals surface area contributed by atoms with Gasteiger partial charge in [0.05, 0.1) is 4.92 Å². The van der Waals surface area contributed by atoms with Crippen molar-refractivity contribution in [2.45, 2.75) is 6.92 Å². The Hall–Kier alpha value is -2.93. The molecule has 0 atom stereocenters. The van der Waals surface area contributed by atoms with Crippen molar-refractivity contribution in [2.24, 2.45) is 0 Å². The average molecular weight is 388 g/mol. The molecule has 140 valence electrons. The van der Waals surface area contributed by atoms with E-state index in [9.17, 15) is 19.7 Å². The Morgan fingerprint density at radius 2 is 1.67 bits per heavy atom. The molecule has 1 amide bonds. The second kappa shape index (κ2) is 7.75. The maximum Gasteiger partial charge on any atom is 0.282 e. The summed E-state index contributed by atoms with van der Waals surface area (Å²) in [4.78, 5) is 38.4. The number of nitro groups is 1. The zero-order valence-electron chi connectivity index (χ0n) is 14.7. The van der Waals surface area contributed by atoms with Gasteiger partial charge < -0.3 is 9.80 Å². The molecule has 0 radical (unpaired) electrons. The summed E-state index contributed by atoms with van der Waals surface area (Å²) in [6.45, 7) is 3.60. The SMILES string of the molecule is CC(=O)c1ccc(N2CCN(C(=O)c3cc(Cl)ccc3[N+](=O)[O-])CC2)cc1. The molecule has 0 spiro atoms. The molecule has 0 aliphatic carbocycles. The summed E-state index contributed by atoms with van der Waals surface area (Å²) in [5.41, 5.74) is 1.39. The zero-order chi connectivity index (χ0) is 19.6. The average Bonchev–Trinajstić information content (AvgIpc) is 2.67. The Bertz CT molecular complexity index is 890. The van der Waals surface area contributed by atoms with Gasteiger partial charge >= 0.3 is 0 Å². The van der Waals surface area contributed by atoms with Crippen LogP contribution < -0.4 is 4.90 Å². The van der Waals surface area contributed by atoms with Gasteiger partial charge in [0.15, 0.2) is 5.78 Å². The molecule has 8 heteroatoms. The highest BCUT2D eigenvalue weighted by atomic mass is 35.5. The van der Waals surface area contributed by atoms with Gasteiger partial charge in [-0.15, -0.1) is 0 Å². The number of piperazine rings is 1. The van der Waals surface area contributed by atoms with Crippen LogP contribution in [0, 0.1) is 10.1 Å². The Morgan fingerprint density at radius 1 is 1.04 bits per heavy atom. The smallest absolute Gasteiger partial charge is 0.282 e. The van der Waals surface area contributed by atoms with Crippen LogP contribution in [-0.4, -0.2) is 47.7 Å². The topological polar surface area (TPSA) is 83.8 Å². The van der Waals surface area contributed by atoms with E-state index >= 15 is 0 Å². The van der Waals surface area contributed by atoms with E-state index in [4.69, 9.17) is 11.6 Å². The first-order valence-corrected chi connectivity index (χ1v) is 8.84. The highest BCUT2D eigenvalue weighted by Gasteiger charge is 2.28. The van der Waals surface area contributed by atoms with Crippen molar-refractivity contribution < 1.29 is 14.5 Å². The number of anilines is 1. The van der Waals surface area contributed by atoms with Gasteiger partial charge in [-0.05, 0) is 43.3 Å². The number of rotatable bonds is 4. The quantitative estimate of drug-likeness (QED) is 0.456. The number of hydrogen-bond acceptors (Lipinski definition) is 5. The van der Waals surface area contributed by atoms with E-state index in [1.54, 1.807) is 17.0 Å². The normalized spacial score (nSPS) is 14.1. The largest absolute Gasteiger partial charge is 0.368 e. The third-order valence-electron chi connectivity index (χ3n) is 4.59. The Balaban J connectivity index is 1.70. The third-order valence-corrected chi connectivity index (χ3v) is 4.83. The molecule has 1 aliphatic heterocycles. The summed E-state index contributed by atoms with van der Waals surface area (Å²) >= 11 is 5.92. The van der Waals surface area contributed by atoms with Crippen LogP contribution in [0.1, 0.15) is 27.6 Å². The van der Waals surface area contributed by atoms with Crippen molar-refractivity contribution >= 4 is 34.7 Å². The Morgan fingerprint density at radius 3 is 2.22 bits per heavy atom. The van der Waals surface area contributed by atoms with E-state index in [-0.39, 0.29) is 22.1 Å². The summed E-state index contributed by atoms with van der Waals surface area (Å²) in [6.07, 6.45) is 0. The number of carbonyl (C=O) groups excluding carboxylic acids is 2. The highest BCUT2D eigenvalue weighted by Crippen LogP contribution is 2.25. The molecule has 0 saturated carbocycles. The molecular weight excluding hydrogens is 370 g/mol. The summed E-state index contributed by atoms with van der Waals surface area (Å²) in [6, 6.07) is 11.3. The summed E-state index contributed by atoms with van der Waals surface area (Å²) < 4.78 is 0. The molecule has 0 unspecified atom stereocenters. The van der Waals surface area contributed by atoms with Crippen molar-refractivity contribution in [1.82, 2.24) is 4.90 Å². The fourth-order valence-corrected chi connectivity index (χ4v) is 3.26. The first kappa shape index (κ1) is 18.8. The van der Waals surface area contributed by atoms with Gasteiger partial charge in [-0.25, -0.2) is 0 Å². The van der Waals surface area contributed by atoms with E-state index in [1.165, 1.54) is 25.1 Å². The van der Waals surface area contributed by atoms with E-state index in [0.29, 0.717) is 31.7 Å². The van der Waals surface area contributed by atoms with Gasteiger partial charge in [-0.3, -0.25) is 19.7 Å². The number of hydrogen-bond donors (Lipinski definition) is 0. The number of nitro benzene ring substituents is 1. The first-order chi connectivity index (χ1) is 12.9. The Labute approximate surface area is 161 Å². The maximum atomic E-state index is 12.7. The molecule has 27 heavy (non-hydrogen) atoms. The van der Waals surface area contributed by atoms with Crippen LogP contribution in [0.4, 0.5) is 11.4 Å². The molecular formula is C19H18ClN3O4. The van der Waals surface area contributed by atoms with Gasteiger partial charge in [0.25, 0.3) is 11.6 Å². The fraction of sp³-hybridized carbons (Fsp3) is 0.263. The lowest BCUT2D eigenvalue weighted by molar-refractivity contribution is -0.385. The molecule has 2 aromatic rings. The Kier molecular flexibility index (Phi) is 5.41. The van der Waals surface area contributed by atoms with Gasteiger partial charge in [0, 0.05) is 48.5 Å². The number of benzene rings is 2. The summed E-state index contributed by atoms with van der Waals surface area (Å²) in [5.74, 6) is -0.379. The van der Waals surface area contributed by atoms with Gasteiger partial charge in [0.1, 0.15) is 5.56 Å². The lowest BCUT2D eigenvalue weighted by Crippen LogP contribution is -2.48. The first-order valence-electron chi connectivity index (χ1n) is 8.46. The minimum Gasteiger partial charge on any atom is -0.368 e. The number of nitrogens with zero attached hydrogens (tertiary/aromatic N) is 3. The number of carbonyl (C=O) groups is 2. The second-order valence-electron chi connectivity index (χ2n) is 6.30. The van der Waals surface area contributed by atoms with Crippen molar-refractivity contribution in [3.05, 3.63) is 68.7 Å². The van der Waals surface area contributed by atoms with E-state index < -0.39 is 10.8 Å². The van der Waals surface area contributed by atoms with Crippen LogP contribution in [0.3, 0.4) is 0 Å². The van der Waals surface area contributed by atoms with Crippen LogP contribution in [0.15, 0.2) is 42.5 Å². The standard InChI is InChI=1S/C19H18ClN3O4/c1-13(24)14-2-5-16(6-3-14)21-8-10-22(11-9-21)19(25)17-12-15(20)4-7-18(17)23(26)27/h2-7,12H,8-11H2,1H3. The van der Waals surface area contributed by atoms with Crippen LogP contribution in [0.5, 0.6) is 0 Å². The number of halogens is 1. The number of Topliss-reactive ketones (excluding diaryl/α,β-unsaturated/α-hetero) is 1. The van der Waals surface area contributed by atoms with Crippen LogP contribution in [0.25, 0.3) is 0 Å². The molecule has 1 saturated heterocycles. The van der Waals surface area contributed by atoms with Crippen molar-refractivity contribution in [2.75, 3.05) is 31.1 Å². The van der Waals surface area contributed by atoms with Gasteiger partial charge in [-0.2, -0.15) is 0 Å². The molecule has 1 aliphatic rings. The fourth-order valence-electron chi connectivity index (χ4n) is 3.08. The molecule has 2 aromatic carbocycles. The van der Waals surface area contributed by atoms with Crippen LogP contribution in [-0.2, 0) is 0 Å². The van der Waals surface area contributed by atoms with Crippen molar-refractivity contribution in [1.29, 1.82) is 0 Å². The molecule has 7 nitrogen and oxygen atoms in total. The number of amides is 1. The van der Waals surface area contributed by atoms with Crippen LogP contribution in [0.2, 0.25) is 5.02 Å². The summed E-state index contributed by atoms with van der Waals surface area (Å²) in [5, 5.41) is 11.5. The summed E-state index contributed by atoms with van der Waals surface area (Å²) in [7, 11) is 0. The van der Waals surface area contributed by atoms with Crippen LogP contribution >= 0.6 is 11.6 Å². The third kappa shape index (κ3) is 4.09. The molecule has 0 N–H and O–H groups in total. The molecule has 1 heterocycles. The van der Waals surface area contributed by atoms with E-state index in [1.807, 2.05) is 12.1 Å². The lowest BCUT2D eigenvalue weighted by atomic mass is 10.1. The molecule has 1 fully saturated rings. The predicted octanol–water partition coefficient (Wildman–Crippen LogP) is 3.41. The minimum absolute atomic E-state index is 0.00626. The zero-order valence-corrected chi connectivity index (χ0v) is 15.5. The molecule has 3 rings (SSSR count). The van der Waals surface area contributed by atoms with E-state index in [2.05, 4.69) is 4.90 Å². The second-order valence-corrected chi connectivity index (χ2v) is 6.74. The lowest BCUT2D eigenvalue weighted by Gasteiger charge is -2.36. The van der Waals surface area contributed by atoms with Gasteiger partial charge in [0.2, 0.25) is 0 Å².